The molecule has 3 amide bonds. The van der Waals surface area contributed by atoms with Crippen molar-refractivity contribution in [3.63, 3.8) is 0 Å². The molecule has 0 bridgehead atoms. The van der Waals surface area contributed by atoms with Gasteiger partial charge >= 0.3 is 12.1 Å². The molecule has 1 saturated heterocycles. The van der Waals surface area contributed by atoms with Gasteiger partial charge in [0.05, 0.1) is 11.1 Å². The molecule has 3 N–H and O–H groups in total. The van der Waals surface area contributed by atoms with E-state index in [1.54, 1.807) is 6.07 Å². The Kier molecular flexibility index (Phi) is 3.63. The van der Waals surface area contributed by atoms with Gasteiger partial charge in [0, 0.05) is 12.7 Å². The normalized spacial score (nSPS) is 18.7. The maximum atomic E-state index is 11.9. The molecule has 0 aliphatic carbocycles. The van der Waals surface area contributed by atoms with E-state index in [1.807, 2.05) is 0 Å². The number of cyclic esters (lactones) is 1. The average Bonchev–Trinajstić information content (AvgIpc) is 2.73. The fraction of sp³-hybridized carbons (Fsp3) is 0.300. The number of pyridine rings is 1. The second-order valence-electron chi connectivity index (χ2n) is 3.63. The Morgan fingerprint density at radius 3 is 3.06 bits per heavy atom. The van der Waals surface area contributed by atoms with Crippen LogP contribution in [-0.4, -0.2) is 41.2 Å². The molecule has 1 aromatic heterocycles. The highest BCUT2D eigenvalue weighted by atomic mass is 35.5. The molecule has 2 rings (SSSR count). The van der Waals surface area contributed by atoms with E-state index in [0.717, 1.165) is 4.90 Å². The minimum Gasteiger partial charge on any atom is -0.447 e. The molecule has 1 aliphatic heterocycles. The summed E-state index contributed by atoms with van der Waals surface area (Å²) in [7, 11) is 0. The molecule has 96 valence electrons. The maximum Gasteiger partial charge on any atom is 0.418 e. The van der Waals surface area contributed by atoms with Crippen molar-refractivity contribution < 1.29 is 14.3 Å². The van der Waals surface area contributed by atoms with Gasteiger partial charge in [0.2, 0.25) is 0 Å². The van der Waals surface area contributed by atoms with Gasteiger partial charge in [0.1, 0.15) is 12.4 Å². The molecule has 8 heteroatoms. The van der Waals surface area contributed by atoms with E-state index in [9.17, 15) is 9.59 Å². The van der Waals surface area contributed by atoms with Crippen LogP contribution < -0.4 is 11.1 Å². The molecular formula is C10H11ClN4O3. The van der Waals surface area contributed by atoms with Crippen molar-refractivity contribution in [1.29, 1.82) is 0 Å². The molecule has 2 heterocycles. The topological polar surface area (TPSA) is 97.5 Å². The van der Waals surface area contributed by atoms with Crippen LogP contribution in [0.3, 0.4) is 0 Å². The number of nitrogens with two attached hydrogens (primary N) is 1. The number of ether oxygens (including phenoxy) is 1. The van der Waals surface area contributed by atoms with Crippen LogP contribution in [0.25, 0.3) is 0 Å². The summed E-state index contributed by atoms with van der Waals surface area (Å²) in [4.78, 5) is 28.1. The molecule has 0 saturated carbocycles. The fourth-order valence-corrected chi connectivity index (χ4v) is 1.61. The largest absolute Gasteiger partial charge is 0.447 e. The maximum absolute atomic E-state index is 11.9. The Morgan fingerprint density at radius 2 is 2.44 bits per heavy atom. The predicted molar refractivity (Wildman–Crippen MR) is 64.3 cm³/mol. The van der Waals surface area contributed by atoms with Crippen LogP contribution in [0, 0.1) is 0 Å². The molecule has 7 nitrogen and oxygen atoms in total. The van der Waals surface area contributed by atoms with Crippen molar-refractivity contribution in [3.8, 4) is 0 Å². The Bertz CT molecular complexity index is 465. The van der Waals surface area contributed by atoms with E-state index in [-0.39, 0.29) is 13.2 Å². The van der Waals surface area contributed by atoms with Gasteiger partial charge in [0.25, 0.3) is 0 Å². The van der Waals surface area contributed by atoms with Crippen molar-refractivity contribution in [2.24, 2.45) is 5.73 Å². The molecule has 1 aliphatic rings. The lowest BCUT2D eigenvalue weighted by atomic mass is 10.3. The highest BCUT2D eigenvalue weighted by Crippen LogP contribution is 2.15. The Labute approximate surface area is 108 Å². The van der Waals surface area contributed by atoms with Gasteiger partial charge in [-0.15, -0.1) is 0 Å². The third-order valence-electron chi connectivity index (χ3n) is 2.41. The number of hydrogen-bond donors (Lipinski definition) is 2. The van der Waals surface area contributed by atoms with Crippen molar-refractivity contribution >= 4 is 29.5 Å². The van der Waals surface area contributed by atoms with E-state index >= 15 is 0 Å². The van der Waals surface area contributed by atoms with Crippen LogP contribution >= 0.6 is 11.6 Å². The predicted octanol–water partition coefficient (Wildman–Crippen LogP) is 1.05. The number of nitrogens with zero attached hydrogens (tertiary/aromatic N) is 2. The summed E-state index contributed by atoms with van der Waals surface area (Å²) >= 11 is 5.67. The Balaban J connectivity index is 2.07. The lowest BCUT2D eigenvalue weighted by Crippen LogP contribution is -2.45. The molecular weight excluding hydrogens is 260 g/mol. The SMILES string of the molecule is NCC1COC(=O)N1C(=O)Nc1ccc(Cl)cn1. The van der Waals surface area contributed by atoms with Crippen molar-refractivity contribution in [2.75, 3.05) is 18.5 Å². The van der Waals surface area contributed by atoms with Gasteiger partial charge in [-0.2, -0.15) is 0 Å². The molecule has 0 spiro atoms. The summed E-state index contributed by atoms with van der Waals surface area (Å²) in [5.74, 6) is 0.292. The lowest BCUT2D eigenvalue weighted by molar-refractivity contribution is 0.161. The Hall–Kier alpha value is -1.86. The van der Waals surface area contributed by atoms with Crippen LogP contribution in [-0.2, 0) is 4.74 Å². The first-order valence-corrected chi connectivity index (χ1v) is 5.58. The monoisotopic (exact) mass is 270 g/mol. The fourth-order valence-electron chi connectivity index (χ4n) is 1.50. The molecule has 1 aromatic rings. The average molecular weight is 271 g/mol. The highest BCUT2D eigenvalue weighted by molar-refractivity contribution is 6.30. The zero-order chi connectivity index (χ0) is 13.1. The van der Waals surface area contributed by atoms with Crippen LogP contribution in [0.2, 0.25) is 5.02 Å². The molecule has 1 unspecified atom stereocenters. The van der Waals surface area contributed by atoms with Gasteiger partial charge in [-0.3, -0.25) is 5.32 Å². The minimum absolute atomic E-state index is 0.108. The van der Waals surface area contributed by atoms with E-state index < -0.39 is 18.2 Å². The molecule has 18 heavy (non-hydrogen) atoms. The van der Waals surface area contributed by atoms with Gasteiger partial charge in [-0.1, -0.05) is 11.6 Å². The van der Waals surface area contributed by atoms with Crippen molar-refractivity contribution in [1.82, 2.24) is 9.88 Å². The van der Waals surface area contributed by atoms with Crippen molar-refractivity contribution in [2.45, 2.75) is 6.04 Å². The number of carbonyl (C=O) groups is 2. The number of amides is 3. The minimum atomic E-state index is -0.711. The number of hydrogen-bond acceptors (Lipinski definition) is 5. The summed E-state index contributed by atoms with van der Waals surface area (Å²) in [6.07, 6.45) is 0.678. The van der Waals surface area contributed by atoms with Gasteiger partial charge < -0.3 is 10.5 Å². The first-order chi connectivity index (χ1) is 8.61. The van der Waals surface area contributed by atoms with E-state index in [0.29, 0.717) is 10.8 Å². The number of rotatable bonds is 2. The van der Waals surface area contributed by atoms with Gasteiger partial charge in [-0.05, 0) is 12.1 Å². The number of aromatic nitrogens is 1. The van der Waals surface area contributed by atoms with Crippen molar-refractivity contribution in [3.05, 3.63) is 23.4 Å². The summed E-state index contributed by atoms with van der Waals surface area (Å²) in [6.45, 7) is 0.254. The van der Waals surface area contributed by atoms with E-state index in [1.165, 1.54) is 12.3 Å². The highest BCUT2D eigenvalue weighted by Gasteiger charge is 2.37. The summed E-state index contributed by atoms with van der Waals surface area (Å²) in [5, 5.41) is 2.92. The van der Waals surface area contributed by atoms with Gasteiger partial charge in [0.15, 0.2) is 0 Å². The number of anilines is 1. The third-order valence-corrected chi connectivity index (χ3v) is 2.64. The molecule has 1 atom stereocenters. The number of nitrogens with one attached hydrogen (secondary N) is 1. The number of urea groups is 1. The standard InChI is InChI=1S/C10H11ClN4O3/c11-6-1-2-8(13-4-6)14-9(16)15-7(3-12)5-18-10(15)17/h1-2,4,7H,3,5,12H2,(H,13,14,16). The van der Waals surface area contributed by atoms with Crippen LogP contribution in [0.5, 0.6) is 0 Å². The number of halogens is 1. The summed E-state index contributed by atoms with van der Waals surface area (Å²) < 4.78 is 4.75. The number of imide groups is 1. The quantitative estimate of drug-likeness (QED) is 0.837. The third kappa shape index (κ3) is 2.52. The van der Waals surface area contributed by atoms with Crippen LogP contribution in [0.1, 0.15) is 0 Å². The zero-order valence-corrected chi connectivity index (χ0v) is 10.1. The molecule has 0 radical (unpaired) electrons. The first-order valence-electron chi connectivity index (χ1n) is 5.20. The molecule has 1 fully saturated rings. The van der Waals surface area contributed by atoms with E-state index in [4.69, 9.17) is 22.1 Å². The molecule has 0 aromatic carbocycles. The number of carbonyl (C=O) groups excluding carboxylic acids is 2. The zero-order valence-electron chi connectivity index (χ0n) is 9.30. The van der Waals surface area contributed by atoms with Crippen LogP contribution in [0.4, 0.5) is 15.4 Å². The van der Waals surface area contributed by atoms with Crippen LogP contribution in [0.15, 0.2) is 18.3 Å². The summed E-state index contributed by atoms with van der Waals surface area (Å²) in [6, 6.07) is 2.03. The first kappa shape index (κ1) is 12.6. The second kappa shape index (κ2) is 5.19. The second-order valence-corrected chi connectivity index (χ2v) is 4.06. The Morgan fingerprint density at radius 1 is 1.67 bits per heavy atom. The van der Waals surface area contributed by atoms with Gasteiger partial charge in [-0.25, -0.2) is 19.5 Å². The lowest BCUT2D eigenvalue weighted by Gasteiger charge is -2.18. The smallest absolute Gasteiger partial charge is 0.418 e. The van der Waals surface area contributed by atoms with E-state index in [2.05, 4.69) is 10.3 Å². The summed E-state index contributed by atoms with van der Waals surface area (Å²) in [5.41, 5.74) is 5.45.